The minimum absolute atomic E-state index is 0.0684. The van der Waals surface area contributed by atoms with E-state index in [0.717, 1.165) is 45.5 Å². The molecule has 0 aromatic heterocycles. The van der Waals surface area contributed by atoms with Gasteiger partial charge in [0.25, 0.3) is 11.8 Å². The Kier molecular flexibility index (Phi) is 7.21. The van der Waals surface area contributed by atoms with Crippen LogP contribution in [-0.4, -0.2) is 42.5 Å². The Bertz CT molecular complexity index is 1190. The molecule has 6 heteroatoms. The Morgan fingerprint density at radius 1 is 0.914 bits per heavy atom. The molecule has 2 amide bonds. The lowest BCUT2D eigenvalue weighted by Crippen LogP contribution is -2.32. The van der Waals surface area contributed by atoms with Gasteiger partial charge in [-0.05, 0) is 60.2 Å². The van der Waals surface area contributed by atoms with E-state index in [1.165, 1.54) is 16.7 Å². The Hall–Kier alpha value is -3.48. The summed E-state index contributed by atoms with van der Waals surface area (Å²) in [6.07, 6.45) is 3.12. The van der Waals surface area contributed by atoms with Crippen molar-refractivity contribution in [3.8, 4) is 0 Å². The number of benzene rings is 3. The lowest BCUT2D eigenvalue weighted by atomic mass is 9.99. The summed E-state index contributed by atoms with van der Waals surface area (Å²) in [6.45, 7) is 4.06. The summed E-state index contributed by atoms with van der Waals surface area (Å²) in [4.78, 5) is 28.1. The number of nitrogens with one attached hydrogen (secondary N) is 2. The van der Waals surface area contributed by atoms with E-state index in [1.54, 1.807) is 18.2 Å². The highest BCUT2D eigenvalue weighted by molar-refractivity contribution is 6.09. The van der Waals surface area contributed by atoms with E-state index in [1.807, 2.05) is 30.3 Å². The van der Waals surface area contributed by atoms with E-state index in [4.69, 9.17) is 4.74 Å². The minimum atomic E-state index is -0.233. The van der Waals surface area contributed by atoms with Gasteiger partial charge in [0.1, 0.15) is 0 Å². The number of carbonyl (C=O) groups is 2. The summed E-state index contributed by atoms with van der Waals surface area (Å²) >= 11 is 0. The van der Waals surface area contributed by atoms with E-state index in [-0.39, 0.29) is 17.9 Å². The summed E-state index contributed by atoms with van der Waals surface area (Å²) in [6, 6.07) is 23.4. The maximum Gasteiger partial charge on any atom is 0.255 e. The summed E-state index contributed by atoms with van der Waals surface area (Å²) in [5, 5.41) is 5.83. The standard InChI is InChI=1S/C29H31N3O3/c33-28(31-27-10-4-3-9-26(27)29(34)30-18-25-8-5-17-35-25)23-13-11-21(12-14-23)19-32-16-15-22-6-1-2-7-24(22)20-32/h1-4,6-7,9-14,25H,5,8,15-20H2,(H,30,34)(H,31,33)/t25-/m1/s1. The molecule has 0 bridgehead atoms. The summed E-state index contributed by atoms with van der Waals surface area (Å²) < 4.78 is 5.58. The van der Waals surface area contributed by atoms with Gasteiger partial charge in [-0.2, -0.15) is 0 Å². The van der Waals surface area contributed by atoms with Gasteiger partial charge in [-0.15, -0.1) is 0 Å². The summed E-state index contributed by atoms with van der Waals surface area (Å²) in [5.74, 6) is -0.447. The molecular weight excluding hydrogens is 438 g/mol. The van der Waals surface area contributed by atoms with Crippen LogP contribution in [-0.2, 0) is 24.2 Å². The van der Waals surface area contributed by atoms with Gasteiger partial charge in [-0.3, -0.25) is 14.5 Å². The number of hydrogen-bond donors (Lipinski definition) is 2. The minimum Gasteiger partial charge on any atom is -0.376 e. The van der Waals surface area contributed by atoms with Gasteiger partial charge in [0.15, 0.2) is 0 Å². The van der Waals surface area contributed by atoms with E-state index >= 15 is 0 Å². The van der Waals surface area contributed by atoms with Gasteiger partial charge in [0.2, 0.25) is 0 Å². The number of anilines is 1. The van der Waals surface area contributed by atoms with Crippen LogP contribution in [0.5, 0.6) is 0 Å². The highest BCUT2D eigenvalue weighted by Gasteiger charge is 2.19. The first-order chi connectivity index (χ1) is 17.2. The SMILES string of the molecule is O=C(Nc1ccccc1C(=O)NC[C@H]1CCCO1)c1ccc(CN2CCc3ccccc3C2)cc1. The average Bonchev–Trinajstić information content (AvgIpc) is 3.42. The Morgan fingerprint density at radius 3 is 2.49 bits per heavy atom. The van der Waals surface area contributed by atoms with Crippen LogP contribution in [0.4, 0.5) is 5.69 Å². The molecule has 0 aliphatic carbocycles. The zero-order valence-corrected chi connectivity index (χ0v) is 19.8. The molecule has 0 unspecified atom stereocenters. The molecule has 0 saturated carbocycles. The molecule has 2 heterocycles. The molecule has 1 fully saturated rings. The van der Waals surface area contributed by atoms with Crippen LogP contribution in [0.3, 0.4) is 0 Å². The Morgan fingerprint density at radius 2 is 1.69 bits per heavy atom. The molecule has 0 spiro atoms. The van der Waals surface area contributed by atoms with Crippen LogP contribution in [0.2, 0.25) is 0 Å². The lowest BCUT2D eigenvalue weighted by Gasteiger charge is -2.28. The first-order valence-electron chi connectivity index (χ1n) is 12.3. The molecule has 1 atom stereocenters. The fourth-order valence-electron chi connectivity index (χ4n) is 4.80. The number of amides is 2. The van der Waals surface area contributed by atoms with Crippen molar-refractivity contribution in [2.45, 2.75) is 38.5 Å². The molecular formula is C29H31N3O3. The van der Waals surface area contributed by atoms with Crippen molar-refractivity contribution in [3.05, 3.63) is 101 Å². The predicted molar refractivity (Wildman–Crippen MR) is 136 cm³/mol. The first kappa shape index (κ1) is 23.3. The zero-order chi connectivity index (χ0) is 24.0. The Balaban J connectivity index is 1.19. The average molecular weight is 470 g/mol. The predicted octanol–water partition coefficient (Wildman–Crippen LogP) is 4.41. The molecule has 0 radical (unpaired) electrons. The van der Waals surface area contributed by atoms with Gasteiger partial charge in [-0.25, -0.2) is 0 Å². The smallest absolute Gasteiger partial charge is 0.255 e. The molecule has 6 nitrogen and oxygen atoms in total. The van der Waals surface area contributed by atoms with Crippen molar-refractivity contribution in [1.29, 1.82) is 0 Å². The molecule has 180 valence electrons. The number of nitrogens with zero attached hydrogens (tertiary/aromatic N) is 1. The van der Waals surface area contributed by atoms with Gasteiger partial charge >= 0.3 is 0 Å². The van der Waals surface area contributed by atoms with Crippen LogP contribution < -0.4 is 10.6 Å². The molecule has 1 saturated heterocycles. The molecule has 5 rings (SSSR count). The van der Waals surface area contributed by atoms with Gasteiger partial charge in [0.05, 0.1) is 17.4 Å². The maximum absolute atomic E-state index is 12.9. The fourth-order valence-corrected chi connectivity index (χ4v) is 4.80. The van der Waals surface area contributed by atoms with Crippen molar-refractivity contribution in [2.24, 2.45) is 0 Å². The summed E-state index contributed by atoms with van der Waals surface area (Å²) in [5.41, 5.74) is 5.52. The van der Waals surface area contributed by atoms with Crippen LogP contribution >= 0.6 is 0 Å². The quantitative estimate of drug-likeness (QED) is 0.538. The number of rotatable bonds is 7. The number of para-hydroxylation sites is 1. The van der Waals surface area contributed by atoms with Crippen LogP contribution in [0.1, 0.15) is 50.2 Å². The normalized spacial score (nSPS) is 17.5. The number of carbonyl (C=O) groups excluding carboxylic acids is 2. The number of ether oxygens (including phenoxy) is 1. The third-order valence-electron chi connectivity index (χ3n) is 6.77. The third kappa shape index (κ3) is 5.78. The maximum atomic E-state index is 12.9. The Labute approximate surface area is 206 Å². The highest BCUT2D eigenvalue weighted by atomic mass is 16.5. The van der Waals surface area contributed by atoms with Crippen molar-refractivity contribution in [3.63, 3.8) is 0 Å². The van der Waals surface area contributed by atoms with Crippen molar-refractivity contribution < 1.29 is 14.3 Å². The van der Waals surface area contributed by atoms with E-state index in [9.17, 15) is 9.59 Å². The van der Waals surface area contributed by atoms with Gasteiger partial charge in [-0.1, -0.05) is 48.5 Å². The van der Waals surface area contributed by atoms with Crippen molar-refractivity contribution in [1.82, 2.24) is 10.2 Å². The molecule has 3 aromatic carbocycles. The van der Waals surface area contributed by atoms with E-state index in [0.29, 0.717) is 23.4 Å². The second-order valence-electron chi connectivity index (χ2n) is 9.27. The third-order valence-corrected chi connectivity index (χ3v) is 6.77. The molecule has 2 aliphatic rings. The second kappa shape index (κ2) is 10.8. The second-order valence-corrected chi connectivity index (χ2v) is 9.27. The number of hydrogen-bond acceptors (Lipinski definition) is 4. The van der Waals surface area contributed by atoms with Crippen LogP contribution in [0.25, 0.3) is 0 Å². The molecule has 2 N–H and O–H groups in total. The van der Waals surface area contributed by atoms with Gasteiger partial charge < -0.3 is 15.4 Å². The van der Waals surface area contributed by atoms with Crippen molar-refractivity contribution in [2.75, 3.05) is 25.0 Å². The first-order valence-corrected chi connectivity index (χ1v) is 12.3. The van der Waals surface area contributed by atoms with Crippen LogP contribution in [0.15, 0.2) is 72.8 Å². The number of fused-ring (bicyclic) bond motifs is 1. The molecule has 2 aliphatic heterocycles. The van der Waals surface area contributed by atoms with Crippen molar-refractivity contribution >= 4 is 17.5 Å². The fraction of sp³-hybridized carbons (Fsp3) is 0.310. The zero-order valence-electron chi connectivity index (χ0n) is 19.8. The lowest BCUT2D eigenvalue weighted by molar-refractivity contribution is 0.0858. The topological polar surface area (TPSA) is 70.7 Å². The van der Waals surface area contributed by atoms with Crippen LogP contribution in [0, 0.1) is 0 Å². The molecule has 3 aromatic rings. The summed E-state index contributed by atoms with van der Waals surface area (Å²) in [7, 11) is 0. The van der Waals surface area contributed by atoms with Gasteiger partial charge in [0, 0.05) is 38.3 Å². The van der Waals surface area contributed by atoms with E-state index < -0.39 is 0 Å². The highest BCUT2D eigenvalue weighted by Crippen LogP contribution is 2.21. The monoisotopic (exact) mass is 469 g/mol. The largest absolute Gasteiger partial charge is 0.376 e. The van der Waals surface area contributed by atoms with E-state index in [2.05, 4.69) is 39.8 Å². The molecule has 35 heavy (non-hydrogen) atoms.